The molecule has 0 aliphatic carbocycles. The maximum absolute atomic E-state index is 11.0. The van der Waals surface area contributed by atoms with Crippen LogP contribution in [0.4, 0.5) is 11.4 Å². The lowest BCUT2D eigenvalue weighted by atomic mass is 10.1. The first-order valence-corrected chi connectivity index (χ1v) is 7.36. The number of hydrogen-bond acceptors (Lipinski definition) is 6. The number of carbonyl (C=O) groups is 1. The summed E-state index contributed by atoms with van der Waals surface area (Å²) in [4.78, 5) is 14.6. The second-order valence-corrected chi connectivity index (χ2v) is 5.59. The topological polar surface area (TPSA) is 103 Å². The minimum Gasteiger partial charge on any atom is -0.543 e. The highest BCUT2D eigenvalue weighted by Crippen LogP contribution is 2.36. The Morgan fingerprint density at radius 2 is 2.00 bits per heavy atom. The van der Waals surface area contributed by atoms with E-state index in [0.29, 0.717) is 11.4 Å². The number of nitrogens with two attached hydrogens (primary N) is 1. The smallest absolute Gasteiger partial charge is 0.150 e. The molecule has 0 fully saturated rings. The summed E-state index contributed by atoms with van der Waals surface area (Å²) in [5, 5.41) is 14.6. The Hall–Kier alpha value is -2.02. The third kappa shape index (κ3) is 3.85. The Kier molecular flexibility index (Phi) is 5.30. The van der Waals surface area contributed by atoms with Gasteiger partial charge in [-0.1, -0.05) is 46.9 Å². The zero-order valence-electron chi connectivity index (χ0n) is 11.7. The van der Waals surface area contributed by atoms with Crippen LogP contribution >= 0.6 is 34.8 Å². The lowest BCUT2D eigenvalue weighted by Crippen LogP contribution is -2.24. The molecule has 0 unspecified atom stereocenters. The predicted octanol–water partition coefficient (Wildman–Crippen LogP) is 2.82. The molecule has 0 spiro atoms. The van der Waals surface area contributed by atoms with E-state index in [-0.39, 0.29) is 20.9 Å². The summed E-state index contributed by atoms with van der Waals surface area (Å²) in [5.41, 5.74) is 9.74. The van der Waals surface area contributed by atoms with Gasteiger partial charge in [0.25, 0.3) is 0 Å². The number of nitrogens with one attached hydrogen (secondary N) is 1. The number of anilines is 2. The SMILES string of the molecule is C/C(=N/Nc1c(Cl)c(Cl)nc(C(=O)[O-])c1Cl)c1cccc(N)c1. The molecule has 1 aromatic carbocycles. The summed E-state index contributed by atoms with van der Waals surface area (Å²) in [6.45, 7) is 1.73. The number of hydrogen-bond donors (Lipinski definition) is 2. The van der Waals surface area contributed by atoms with E-state index in [9.17, 15) is 9.90 Å². The molecule has 1 aromatic heterocycles. The average Bonchev–Trinajstić information content (AvgIpc) is 2.50. The third-order valence-electron chi connectivity index (χ3n) is 2.87. The average molecular weight is 373 g/mol. The standard InChI is InChI=1S/C14H11Cl3N4O2/c1-6(7-3-2-4-8(18)5-7)20-21-11-9(15)12(14(22)23)19-13(17)10(11)16/h2-5H,18H2,1H3,(H,19,21)(H,22,23)/p-1/b20-6-. The van der Waals surface area contributed by atoms with Crippen molar-refractivity contribution in [1.29, 1.82) is 0 Å². The number of carboxylic acids is 1. The van der Waals surface area contributed by atoms with Gasteiger partial charge in [-0.15, -0.1) is 0 Å². The molecule has 6 nitrogen and oxygen atoms in total. The molecule has 120 valence electrons. The fourth-order valence-electron chi connectivity index (χ4n) is 1.72. The second kappa shape index (κ2) is 7.04. The molecule has 0 saturated carbocycles. The van der Waals surface area contributed by atoms with Crippen LogP contribution in [0.2, 0.25) is 15.2 Å². The molecular weight excluding hydrogens is 363 g/mol. The summed E-state index contributed by atoms with van der Waals surface area (Å²) in [5.74, 6) is -1.58. The van der Waals surface area contributed by atoms with Gasteiger partial charge < -0.3 is 15.6 Å². The van der Waals surface area contributed by atoms with Crippen molar-refractivity contribution in [3.8, 4) is 0 Å². The van der Waals surface area contributed by atoms with Crippen molar-refractivity contribution in [2.45, 2.75) is 6.92 Å². The predicted molar refractivity (Wildman–Crippen MR) is 90.3 cm³/mol. The highest BCUT2D eigenvalue weighted by molar-refractivity contribution is 6.46. The Balaban J connectivity index is 2.40. The van der Waals surface area contributed by atoms with E-state index in [4.69, 9.17) is 40.5 Å². The van der Waals surface area contributed by atoms with Crippen LogP contribution in [-0.2, 0) is 0 Å². The van der Waals surface area contributed by atoms with E-state index in [2.05, 4.69) is 15.5 Å². The summed E-state index contributed by atoms with van der Waals surface area (Å²) < 4.78 is 0. The molecule has 2 aromatic rings. The molecule has 0 amide bonds. The number of nitrogen functional groups attached to an aromatic ring is 1. The molecule has 0 atom stereocenters. The van der Waals surface area contributed by atoms with Gasteiger partial charge in [-0.3, -0.25) is 5.43 Å². The van der Waals surface area contributed by atoms with Crippen LogP contribution in [0.15, 0.2) is 29.4 Å². The van der Waals surface area contributed by atoms with Crippen LogP contribution in [0.5, 0.6) is 0 Å². The molecule has 2 rings (SSSR count). The molecule has 1 heterocycles. The Labute approximate surface area is 146 Å². The molecule has 0 radical (unpaired) electrons. The molecule has 0 saturated heterocycles. The third-order valence-corrected chi connectivity index (χ3v) is 3.98. The minimum absolute atomic E-state index is 0.0239. The molecule has 23 heavy (non-hydrogen) atoms. The number of nitrogens with zero attached hydrogens (tertiary/aromatic N) is 2. The van der Waals surface area contributed by atoms with Crippen molar-refractivity contribution in [3.63, 3.8) is 0 Å². The number of carbonyl (C=O) groups excluding carboxylic acids is 1. The number of aromatic carboxylic acids is 1. The van der Waals surface area contributed by atoms with E-state index in [1.54, 1.807) is 25.1 Å². The van der Waals surface area contributed by atoms with Gasteiger partial charge in [0.05, 0.1) is 22.4 Å². The normalized spacial score (nSPS) is 11.4. The zero-order valence-corrected chi connectivity index (χ0v) is 14.0. The van der Waals surface area contributed by atoms with Gasteiger partial charge in [0.15, 0.2) is 5.15 Å². The van der Waals surface area contributed by atoms with E-state index in [1.807, 2.05) is 6.07 Å². The summed E-state index contributed by atoms with van der Waals surface area (Å²) in [6.07, 6.45) is 0. The molecule has 9 heteroatoms. The van der Waals surface area contributed by atoms with Crippen molar-refractivity contribution in [1.82, 2.24) is 4.98 Å². The highest BCUT2D eigenvalue weighted by Gasteiger charge is 2.17. The van der Waals surface area contributed by atoms with Gasteiger partial charge in [-0.25, -0.2) is 4.98 Å². The minimum atomic E-state index is -1.58. The highest BCUT2D eigenvalue weighted by atomic mass is 35.5. The summed E-state index contributed by atoms with van der Waals surface area (Å²) >= 11 is 17.7. The molecular formula is C14H10Cl3N4O2-. The number of hydrazone groups is 1. The fraction of sp³-hybridized carbons (Fsp3) is 0.0714. The lowest BCUT2D eigenvalue weighted by molar-refractivity contribution is -0.255. The van der Waals surface area contributed by atoms with Crippen molar-refractivity contribution < 1.29 is 9.90 Å². The van der Waals surface area contributed by atoms with Gasteiger partial charge >= 0.3 is 0 Å². The van der Waals surface area contributed by atoms with Crippen LogP contribution in [0, 0.1) is 0 Å². The lowest BCUT2D eigenvalue weighted by Gasteiger charge is -2.13. The Morgan fingerprint density at radius 1 is 1.30 bits per heavy atom. The summed E-state index contributed by atoms with van der Waals surface area (Å²) in [7, 11) is 0. The molecule has 0 bridgehead atoms. The first-order valence-electron chi connectivity index (χ1n) is 6.23. The van der Waals surface area contributed by atoms with Crippen LogP contribution in [0.25, 0.3) is 0 Å². The van der Waals surface area contributed by atoms with Crippen molar-refractivity contribution in [3.05, 3.63) is 50.7 Å². The first kappa shape index (κ1) is 17.3. The van der Waals surface area contributed by atoms with Crippen molar-refractivity contribution in [2.24, 2.45) is 5.10 Å². The molecule has 3 N–H and O–H groups in total. The maximum atomic E-state index is 11.0. The number of rotatable bonds is 4. The van der Waals surface area contributed by atoms with Gasteiger partial charge in [-0.2, -0.15) is 5.10 Å². The zero-order chi connectivity index (χ0) is 17.1. The first-order chi connectivity index (χ1) is 10.8. The van der Waals surface area contributed by atoms with Crippen LogP contribution in [0.3, 0.4) is 0 Å². The Morgan fingerprint density at radius 3 is 2.61 bits per heavy atom. The monoisotopic (exact) mass is 371 g/mol. The van der Waals surface area contributed by atoms with Crippen LogP contribution in [-0.4, -0.2) is 16.7 Å². The number of halogens is 3. The fourth-order valence-corrected chi connectivity index (χ4v) is 2.38. The van der Waals surface area contributed by atoms with Gasteiger partial charge in [-0.05, 0) is 24.6 Å². The molecule has 0 aliphatic rings. The van der Waals surface area contributed by atoms with E-state index < -0.39 is 11.7 Å². The number of carboxylic acid groups (broad SMARTS) is 1. The largest absolute Gasteiger partial charge is 0.543 e. The number of benzene rings is 1. The summed E-state index contributed by atoms with van der Waals surface area (Å²) in [6, 6.07) is 7.07. The van der Waals surface area contributed by atoms with Crippen LogP contribution < -0.4 is 16.3 Å². The quantitative estimate of drug-likeness (QED) is 0.372. The van der Waals surface area contributed by atoms with Crippen LogP contribution in [0.1, 0.15) is 23.0 Å². The van der Waals surface area contributed by atoms with E-state index >= 15 is 0 Å². The number of aromatic nitrogens is 1. The van der Waals surface area contributed by atoms with Gasteiger partial charge in [0.2, 0.25) is 0 Å². The maximum Gasteiger partial charge on any atom is 0.150 e. The van der Waals surface area contributed by atoms with Crippen molar-refractivity contribution in [2.75, 3.05) is 11.2 Å². The second-order valence-electron chi connectivity index (χ2n) is 4.48. The van der Waals surface area contributed by atoms with Gasteiger partial charge in [0, 0.05) is 5.69 Å². The van der Waals surface area contributed by atoms with Gasteiger partial charge in [0.1, 0.15) is 10.7 Å². The Bertz CT molecular complexity index is 809. The van der Waals surface area contributed by atoms with E-state index in [1.165, 1.54) is 0 Å². The van der Waals surface area contributed by atoms with Crippen molar-refractivity contribution >= 4 is 57.9 Å². The molecule has 0 aliphatic heterocycles. The number of pyridine rings is 1. The van der Waals surface area contributed by atoms with E-state index in [0.717, 1.165) is 5.56 Å².